The Kier molecular flexibility index (Phi) is 5.07. The van der Waals surface area contributed by atoms with Crippen LogP contribution in [0.1, 0.15) is 66.2 Å². The number of carbonyl (C=O) groups excluding carboxylic acids is 5. The van der Waals surface area contributed by atoms with Crippen LogP contribution in [0.4, 0.5) is 0 Å². The molecule has 6 aliphatic carbocycles. The summed E-state index contributed by atoms with van der Waals surface area (Å²) in [6.45, 7) is 6.77. The van der Waals surface area contributed by atoms with Crippen LogP contribution in [0.5, 0.6) is 0 Å². The number of cyclic esters (lactones) is 2. The SMILES string of the molecule is CC(=O)OCC(=O)[C@@H]1CC[C@@H]2[C@]1(C)CC=C1[C@@]23C=C[C@@]2(C[C@H](OC(C)=O)CC[C@]12C)[C@H]1C(=O)OC(=O)[C@H]13. The monoisotopic (exact) mass is 510 g/mol. The Labute approximate surface area is 216 Å². The maximum atomic E-state index is 13.5. The van der Waals surface area contributed by atoms with Crippen molar-refractivity contribution >= 4 is 29.7 Å². The van der Waals surface area contributed by atoms with Crippen molar-refractivity contribution in [3.8, 4) is 0 Å². The van der Waals surface area contributed by atoms with Gasteiger partial charge in [0.25, 0.3) is 0 Å². The van der Waals surface area contributed by atoms with Crippen molar-refractivity contribution in [1.29, 1.82) is 0 Å². The van der Waals surface area contributed by atoms with E-state index in [1.54, 1.807) is 0 Å². The van der Waals surface area contributed by atoms with E-state index in [0.29, 0.717) is 25.7 Å². The summed E-state index contributed by atoms with van der Waals surface area (Å²) in [4.78, 5) is 63.2. The highest BCUT2D eigenvalue weighted by atomic mass is 16.6. The molecule has 37 heavy (non-hydrogen) atoms. The van der Waals surface area contributed by atoms with Gasteiger partial charge in [-0.25, -0.2) is 0 Å². The molecule has 7 rings (SSSR count). The summed E-state index contributed by atoms with van der Waals surface area (Å²) in [5.74, 6) is -3.53. The zero-order valence-electron chi connectivity index (χ0n) is 21.8. The summed E-state index contributed by atoms with van der Waals surface area (Å²) in [7, 11) is 0. The van der Waals surface area contributed by atoms with Crippen molar-refractivity contribution < 1.29 is 38.2 Å². The molecule has 8 nitrogen and oxygen atoms in total. The smallest absolute Gasteiger partial charge is 0.318 e. The molecule has 198 valence electrons. The number of ether oxygens (including phenoxy) is 3. The van der Waals surface area contributed by atoms with E-state index >= 15 is 0 Å². The van der Waals surface area contributed by atoms with Crippen molar-refractivity contribution in [1.82, 2.24) is 0 Å². The van der Waals surface area contributed by atoms with Crippen LogP contribution in [0.3, 0.4) is 0 Å². The first-order valence-electron chi connectivity index (χ1n) is 13.4. The molecule has 8 heteroatoms. The van der Waals surface area contributed by atoms with E-state index in [4.69, 9.17) is 14.2 Å². The summed E-state index contributed by atoms with van der Waals surface area (Å²) in [5.41, 5.74) is -1.03. The molecule has 0 radical (unpaired) electrons. The zero-order valence-corrected chi connectivity index (χ0v) is 21.8. The molecular formula is C29H34O8. The highest BCUT2D eigenvalue weighted by molar-refractivity contribution is 5.99. The molecule has 0 unspecified atom stereocenters. The van der Waals surface area contributed by atoms with E-state index in [2.05, 4.69) is 32.1 Å². The minimum absolute atomic E-state index is 0.0326. The number of hydrogen-bond acceptors (Lipinski definition) is 8. The Morgan fingerprint density at radius 3 is 2.43 bits per heavy atom. The average molecular weight is 511 g/mol. The fraction of sp³-hybridized carbons (Fsp3) is 0.690. The Morgan fingerprint density at radius 1 is 1.00 bits per heavy atom. The van der Waals surface area contributed by atoms with E-state index in [9.17, 15) is 24.0 Å². The molecule has 2 bridgehead atoms. The number of hydrogen-bond donors (Lipinski definition) is 0. The lowest BCUT2D eigenvalue weighted by Crippen LogP contribution is -2.69. The number of fused-ring (bicyclic) bond motifs is 1. The van der Waals surface area contributed by atoms with Gasteiger partial charge in [-0.1, -0.05) is 37.6 Å². The Balaban J connectivity index is 1.48. The lowest BCUT2D eigenvalue weighted by molar-refractivity contribution is -0.175. The number of rotatable bonds is 4. The lowest BCUT2D eigenvalue weighted by atomic mass is 9.31. The number of Topliss-reactive ketones (excluding diaryl/α,β-unsaturated/α-hetero) is 1. The Bertz CT molecular complexity index is 1200. The molecule has 4 fully saturated rings. The van der Waals surface area contributed by atoms with E-state index in [1.807, 2.05) is 0 Å². The third kappa shape index (κ3) is 2.87. The fourth-order valence-electron chi connectivity index (χ4n) is 9.89. The number of ketones is 1. The average Bonchev–Trinajstić information content (AvgIpc) is 3.34. The third-order valence-corrected chi connectivity index (χ3v) is 11.2. The molecule has 9 atom stereocenters. The standard InChI is InChI=1S/C29H34O8/c1-15(30)35-14-19(32)18-5-6-20-26(18,3)9-8-21-27(4)10-7-17(36-16(2)31)13-28(27)11-12-29(20,21)23-22(28)24(33)37-25(23)34/h8,11-12,17-18,20,22-23H,5-7,9-10,13-14H2,1-4H3/t17-,18+,20-,22-,23+,26-,27-,28-,29-/m1/s1. The number of esters is 4. The normalized spacial score (nSPS) is 46.7. The second-order valence-electron chi connectivity index (χ2n) is 12.6. The lowest BCUT2D eigenvalue weighted by Gasteiger charge is -2.71. The van der Waals surface area contributed by atoms with E-state index in [-0.39, 0.29) is 36.3 Å². The van der Waals surface area contributed by atoms with E-state index < -0.39 is 51.4 Å². The van der Waals surface area contributed by atoms with Crippen molar-refractivity contribution in [2.45, 2.75) is 72.3 Å². The van der Waals surface area contributed by atoms with Gasteiger partial charge in [0, 0.05) is 30.6 Å². The van der Waals surface area contributed by atoms with Gasteiger partial charge in [-0.05, 0) is 55.3 Å². The van der Waals surface area contributed by atoms with Gasteiger partial charge >= 0.3 is 23.9 Å². The van der Waals surface area contributed by atoms with Crippen LogP contribution < -0.4 is 0 Å². The summed E-state index contributed by atoms with van der Waals surface area (Å²) < 4.78 is 16.1. The van der Waals surface area contributed by atoms with Gasteiger partial charge in [-0.15, -0.1) is 0 Å². The quantitative estimate of drug-likeness (QED) is 0.245. The van der Waals surface area contributed by atoms with Gasteiger partial charge < -0.3 is 14.2 Å². The van der Waals surface area contributed by atoms with Gasteiger partial charge in [-0.3, -0.25) is 24.0 Å². The maximum absolute atomic E-state index is 13.5. The molecular weight excluding hydrogens is 476 g/mol. The molecule has 0 aromatic heterocycles. The molecule has 1 saturated heterocycles. The minimum Gasteiger partial charge on any atom is -0.463 e. The molecule has 2 spiro atoms. The number of carbonyl (C=O) groups is 5. The van der Waals surface area contributed by atoms with Gasteiger partial charge in [0.05, 0.1) is 11.8 Å². The molecule has 0 aromatic rings. The van der Waals surface area contributed by atoms with Gasteiger partial charge in [0.2, 0.25) is 0 Å². The molecule has 0 N–H and O–H groups in total. The van der Waals surface area contributed by atoms with Gasteiger partial charge in [0.15, 0.2) is 5.78 Å². The van der Waals surface area contributed by atoms with Crippen LogP contribution >= 0.6 is 0 Å². The topological polar surface area (TPSA) is 113 Å². The van der Waals surface area contributed by atoms with Crippen LogP contribution in [0, 0.1) is 45.3 Å². The van der Waals surface area contributed by atoms with Crippen LogP contribution in [0.15, 0.2) is 23.8 Å². The highest BCUT2D eigenvalue weighted by Gasteiger charge is 2.80. The van der Waals surface area contributed by atoms with Crippen LogP contribution in [-0.4, -0.2) is 42.4 Å². The largest absolute Gasteiger partial charge is 0.463 e. The summed E-state index contributed by atoms with van der Waals surface area (Å²) in [5, 5.41) is 0. The molecule has 3 saturated carbocycles. The van der Waals surface area contributed by atoms with Gasteiger partial charge in [0.1, 0.15) is 12.7 Å². The molecule has 0 amide bonds. The summed E-state index contributed by atoms with van der Waals surface area (Å²) in [6.07, 6.45) is 10.2. The van der Waals surface area contributed by atoms with Gasteiger partial charge in [-0.2, -0.15) is 0 Å². The summed E-state index contributed by atoms with van der Waals surface area (Å²) in [6, 6.07) is 0. The molecule has 7 aliphatic rings. The van der Waals surface area contributed by atoms with Crippen molar-refractivity contribution in [3.05, 3.63) is 23.8 Å². The van der Waals surface area contributed by atoms with Crippen molar-refractivity contribution in [3.63, 3.8) is 0 Å². The maximum Gasteiger partial charge on any atom is 0.318 e. The van der Waals surface area contributed by atoms with Crippen molar-refractivity contribution in [2.24, 2.45) is 45.3 Å². The molecule has 0 aromatic carbocycles. The fourth-order valence-corrected chi connectivity index (χ4v) is 9.89. The molecule has 1 aliphatic heterocycles. The predicted octanol–water partition coefficient (Wildman–Crippen LogP) is 3.48. The van der Waals surface area contributed by atoms with Crippen LogP contribution in [0.25, 0.3) is 0 Å². The molecule has 1 heterocycles. The first-order chi connectivity index (χ1) is 17.4. The summed E-state index contributed by atoms with van der Waals surface area (Å²) >= 11 is 0. The first-order valence-corrected chi connectivity index (χ1v) is 13.4. The number of allylic oxidation sites excluding steroid dienone is 4. The zero-order chi connectivity index (χ0) is 26.5. The van der Waals surface area contributed by atoms with Crippen molar-refractivity contribution in [2.75, 3.05) is 6.61 Å². The third-order valence-electron chi connectivity index (χ3n) is 11.2. The van der Waals surface area contributed by atoms with Crippen LogP contribution in [0.2, 0.25) is 0 Å². The van der Waals surface area contributed by atoms with E-state index in [0.717, 1.165) is 12.8 Å². The first kappa shape index (κ1) is 24.6. The predicted molar refractivity (Wildman–Crippen MR) is 128 cm³/mol. The second kappa shape index (κ2) is 7.64. The minimum atomic E-state index is -0.706. The van der Waals surface area contributed by atoms with Crippen LogP contribution in [-0.2, 0) is 38.2 Å². The Morgan fingerprint density at radius 2 is 1.73 bits per heavy atom. The van der Waals surface area contributed by atoms with E-state index in [1.165, 1.54) is 19.4 Å². The Hall–Kier alpha value is -2.77. The highest BCUT2D eigenvalue weighted by Crippen LogP contribution is 2.80. The second-order valence-corrected chi connectivity index (χ2v) is 12.6.